The highest BCUT2D eigenvalue weighted by atomic mass is 79.9. The van der Waals surface area contributed by atoms with Crippen molar-refractivity contribution >= 4 is 61.7 Å². The first kappa shape index (κ1) is 48.9. The number of nitrogens with one attached hydrogen (secondary N) is 4. The smallest absolute Gasteiger partial charge is 0.407 e. The van der Waals surface area contributed by atoms with Gasteiger partial charge in [0.15, 0.2) is 0 Å². The predicted molar refractivity (Wildman–Crippen MR) is 269 cm³/mol. The third-order valence-corrected chi connectivity index (χ3v) is 16.2. The molecule has 7 heterocycles. The summed E-state index contributed by atoms with van der Waals surface area (Å²) in [5.74, 6) is 1.64. The van der Waals surface area contributed by atoms with E-state index in [1.807, 2.05) is 50.5 Å². The quantitative estimate of drug-likeness (QED) is 0.110. The van der Waals surface area contributed by atoms with Gasteiger partial charge in [-0.05, 0) is 161 Å². The molecule has 5 aliphatic rings. The van der Waals surface area contributed by atoms with Crippen LogP contribution in [0.4, 0.5) is 9.59 Å². The number of ether oxygens (including phenoxy) is 5. The lowest BCUT2D eigenvalue weighted by Gasteiger charge is -2.39. The molecule has 0 spiro atoms. The molecule has 4 N–H and O–H groups in total. The van der Waals surface area contributed by atoms with E-state index in [4.69, 9.17) is 33.7 Å². The lowest BCUT2D eigenvalue weighted by molar-refractivity contribution is -0.141. The van der Waals surface area contributed by atoms with Gasteiger partial charge in [-0.3, -0.25) is 9.59 Å². The Labute approximate surface area is 421 Å². The van der Waals surface area contributed by atoms with Crippen molar-refractivity contribution in [1.29, 1.82) is 0 Å². The Morgan fingerprint density at radius 2 is 1.24 bits per heavy atom. The number of rotatable bonds is 9. The molecule has 378 valence electrons. The van der Waals surface area contributed by atoms with E-state index >= 15 is 0 Å². The number of amides is 4. The van der Waals surface area contributed by atoms with Crippen LogP contribution < -0.4 is 15.4 Å². The molecule has 0 aliphatic carbocycles. The molecule has 5 aliphatic heterocycles. The van der Waals surface area contributed by atoms with Crippen molar-refractivity contribution in [1.82, 2.24) is 40.4 Å². The zero-order valence-electron chi connectivity index (χ0n) is 41.7. The monoisotopic (exact) mass is 1040 g/mol. The number of likely N-dealkylation sites (tertiary alicyclic amines) is 2. The van der Waals surface area contributed by atoms with Gasteiger partial charge in [0.2, 0.25) is 11.8 Å². The fourth-order valence-corrected chi connectivity index (χ4v) is 13.0. The van der Waals surface area contributed by atoms with Crippen LogP contribution in [0.25, 0.3) is 44.2 Å². The lowest BCUT2D eigenvalue weighted by atomic mass is 9.85. The van der Waals surface area contributed by atoms with Crippen molar-refractivity contribution in [3.63, 3.8) is 0 Å². The number of aromatic nitrogens is 4. The van der Waals surface area contributed by atoms with Gasteiger partial charge in [0.1, 0.15) is 46.4 Å². The molecule has 10 rings (SSSR count). The molecule has 18 heteroatoms. The van der Waals surface area contributed by atoms with Crippen LogP contribution in [0.2, 0.25) is 0 Å². The number of hydrogen-bond acceptors (Lipinski definition) is 11. The van der Waals surface area contributed by atoms with E-state index in [0.717, 1.165) is 81.2 Å². The maximum atomic E-state index is 14.6. The summed E-state index contributed by atoms with van der Waals surface area (Å²) in [6, 6.07) is 12.4. The summed E-state index contributed by atoms with van der Waals surface area (Å²) in [6.45, 7) is 12.5. The average molecular weight is 1040 g/mol. The predicted octanol–water partition coefficient (Wildman–Crippen LogP) is 9.39. The van der Waals surface area contributed by atoms with Crippen LogP contribution in [-0.4, -0.2) is 117 Å². The van der Waals surface area contributed by atoms with Crippen LogP contribution in [0.15, 0.2) is 47.1 Å². The van der Waals surface area contributed by atoms with Crippen LogP contribution in [0.5, 0.6) is 5.75 Å². The van der Waals surface area contributed by atoms with E-state index in [-0.39, 0.29) is 72.2 Å². The Morgan fingerprint density at radius 1 is 0.690 bits per heavy atom. The van der Waals surface area contributed by atoms with E-state index in [0.29, 0.717) is 48.5 Å². The number of benzene rings is 3. The molecular weight excluding hydrogens is 973 g/mol. The minimum atomic E-state index is -0.766. The van der Waals surface area contributed by atoms with Gasteiger partial charge in [0.05, 0.1) is 61.8 Å². The zero-order valence-corrected chi connectivity index (χ0v) is 43.3. The average Bonchev–Trinajstić information content (AvgIpc) is 4.15. The first-order valence-corrected chi connectivity index (χ1v) is 26.0. The van der Waals surface area contributed by atoms with Crippen molar-refractivity contribution in [2.45, 2.75) is 160 Å². The second kappa shape index (κ2) is 19.7. The Kier molecular flexibility index (Phi) is 13.6. The number of aromatic amines is 2. The molecule has 4 fully saturated rings. The van der Waals surface area contributed by atoms with Gasteiger partial charge in [0, 0.05) is 28.6 Å². The van der Waals surface area contributed by atoms with E-state index in [9.17, 15) is 19.2 Å². The molecule has 0 radical (unpaired) electrons. The third kappa shape index (κ3) is 9.35. The van der Waals surface area contributed by atoms with Crippen LogP contribution >= 0.6 is 15.9 Å². The standard InChI is InChI=1S/C53H65BrN8O9/c1-25-9-15-40(61(25)50(63)44(58-52(65)67-7)33-17-27(3)70-28(4)18-33)48-55-39-14-12-31-22-38-36-13-11-32(21-35(36)24-69-42(38)23-37(31)46(39)57-48)43-47(54)60-49(56-43)41-16-10-26(2)62(41)51(64)45(59-53(66)68-8)34-19-29(5)71-30(6)20-34/h11-14,21-23,25-30,33-34,40-41,44-45H,9-10,15-20,24H2,1-8H3,(H,55,57)(H,56,60)(H,58,65)(H,59,66)/t25-,26-,27+,28+,29-,30+,34?,40-,41-,44-,45-/m0/s1. The maximum absolute atomic E-state index is 14.6. The van der Waals surface area contributed by atoms with Crippen molar-refractivity contribution in [3.05, 3.63) is 64.3 Å². The van der Waals surface area contributed by atoms with E-state index in [1.54, 1.807) is 0 Å². The first-order chi connectivity index (χ1) is 34.1. The number of H-pyrrole nitrogens is 2. The first-order valence-electron chi connectivity index (χ1n) is 25.2. The molecule has 5 aromatic rings. The molecule has 2 aromatic heterocycles. The highest BCUT2D eigenvalue weighted by Gasteiger charge is 2.46. The van der Waals surface area contributed by atoms with E-state index in [1.165, 1.54) is 14.2 Å². The SMILES string of the molecule is COC(=O)N[C@H](C(=O)N1[C@@H](C)CC[C@H]1c1nc(-c2ccc3c(c2)COc2cc4c(ccc5[nH]c([C@@H]6CC[C@H](C)N6C(=O)[C@@H](NC(=O)OC)C6C[C@@H](C)O[C@H](C)C6)nc54)cc2-3)c(Br)[nH]1)C1C[C@@H](C)O[C@@H](C)C1. The molecule has 17 nitrogen and oxygen atoms in total. The zero-order chi connectivity index (χ0) is 50.0. The van der Waals surface area contributed by atoms with Crippen LogP contribution in [0.3, 0.4) is 0 Å². The molecule has 4 amide bonds. The Bertz CT molecular complexity index is 2850. The number of carbonyl (C=O) groups is 4. The highest BCUT2D eigenvalue weighted by Crippen LogP contribution is 2.45. The van der Waals surface area contributed by atoms with Gasteiger partial charge >= 0.3 is 12.2 Å². The number of alkyl carbamates (subject to hydrolysis) is 2. The Morgan fingerprint density at radius 3 is 1.79 bits per heavy atom. The molecule has 3 aromatic carbocycles. The molecule has 0 bridgehead atoms. The minimum absolute atomic E-state index is 0.0397. The van der Waals surface area contributed by atoms with Gasteiger partial charge < -0.3 is 54.1 Å². The summed E-state index contributed by atoms with van der Waals surface area (Å²) in [7, 11) is 2.63. The lowest BCUT2D eigenvalue weighted by Crippen LogP contribution is -2.55. The van der Waals surface area contributed by atoms with Crippen LogP contribution in [-0.2, 0) is 35.1 Å². The van der Waals surface area contributed by atoms with Gasteiger partial charge in [-0.25, -0.2) is 19.6 Å². The normalized spacial score (nSPS) is 28.2. The molecule has 4 saturated heterocycles. The number of nitrogens with zero attached hydrogens (tertiary/aromatic N) is 4. The van der Waals surface area contributed by atoms with Gasteiger partial charge in [-0.15, -0.1) is 0 Å². The number of imidazole rings is 2. The van der Waals surface area contributed by atoms with E-state index < -0.39 is 24.3 Å². The largest absolute Gasteiger partial charge is 0.488 e. The van der Waals surface area contributed by atoms with Gasteiger partial charge in [-0.1, -0.05) is 18.2 Å². The van der Waals surface area contributed by atoms with Crippen molar-refractivity contribution in [3.8, 4) is 28.1 Å². The Balaban J connectivity index is 0.903. The second-order valence-electron chi connectivity index (χ2n) is 20.7. The molecule has 0 saturated carbocycles. The van der Waals surface area contributed by atoms with Crippen LogP contribution in [0, 0.1) is 11.8 Å². The van der Waals surface area contributed by atoms with E-state index in [2.05, 4.69) is 79.9 Å². The number of carbonyl (C=O) groups excluding carboxylic acids is 4. The summed E-state index contributed by atoms with van der Waals surface area (Å²) in [5, 5.41) is 7.73. The molecular formula is C53H65BrN8O9. The molecule has 11 atom stereocenters. The fourth-order valence-electron chi connectivity index (χ4n) is 12.5. The number of hydrogen-bond donors (Lipinski definition) is 4. The topological polar surface area (TPSA) is 202 Å². The summed E-state index contributed by atoms with van der Waals surface area (Å²) in [6.07, 6.45) is 4.21. The van der Waals surface area contributed by atoms with Gasteiger partial charge in [-0.2, -0.15) is 0 Å². The van der Waals surface area contributed by atoms with Gasteiger partial charge in [0.25, 0.3) is 0 Å². The fraction of sp³-hybridized carbons (Fsp3) is 0.547. The number of halogens is 1. The van der Waals surface area contributed by atoms with Crippen molar-refractivity contribution in [2.24, 2.45) is 11.8 Å². The highest BCUT2D eigenvalue weighted by molar-refractivity contribution is 9.10. The number of fused-ring (bicyclic) bond motifs is 6. The summed E-state index contributed by atoms with van der Waals surface area (Å²) < 4.78 is 29.2. The minimum Gasteiger partial charge on any atom is -0.488 e. The maximum Gasteiger partial charge on any atom is 0.407 e. The number of methoxy groups -OCH3 is 2. The van der Waals surface area contributed by atoms with Crippen molar-refractivity contribution < 1.29 is 42.9 Å². The van der Waals surface area contributed by atoms with Crippen molar-refractivity contribution in [2.75, 3.05) is 14.2 Å². The molecule has 71 heavy (non-hydrogen) atoms. The third-order valence-electron chi connectivity index (χ3n) is 15.7. The van der Waals surface area contributed by atoms with Crippen LogP contribution in [0.1, 0.15) is 122 Å². The summed E-state index contributed by atoms with van der Waals surface area (Å²) in [4.78, 5) is 75.7. The summed E-state index contributed by atoms with van der Waals surface area (Å²) >= 11 is 3.77. The molecule has 1 unspecified atom stereocenters. The second-order valence-corrected chi connectivity index (χ2v) is 21.5. The summed E-state index contributed by atoms with van der Waals surface area (Å²) in [5.41, 5.74) is 6.34. The Hall–Kier alpha value is -5.72.